The van der Waals surface area contributed by atoms with Crippen molar-refractivity contribution in [2.45, 2.75) is 18.2 Å². The van der Waals surface area contributed by atoms with Crippen molar-refractivity contribution in [3.05, 3.63) is 59.9 Å². The van der Waals surface area contributed by atoms with Crippen molar-refractivity contribution in [1.82, 2.24) is 4.98 Å². The summed E-state index contributed by atoms with van der Waals surface area (Å²) >= 11 is 0. The predicted molar refractivity (Wildman–Crippen MR) is 83.6 cm³/mol. The molecule has 0 saturated carbocycles. The van der Waals surface area contributed by atoms with Crippen LogP contribution in [0.4, 0.5) is 5.69 Å². The van der Waals surface area contributed by atoms with Crippen LogP contribution in [0, 0.1) is 6.92 Å². The second-order valence-corrected chi connectivity index (χ2v) is 6.85. The van der Waals surface area contributed by atoms with Gasteiger partial charge in [0, 0.05) is 12.7 Å². The van der Waals surface area contributed by atoms with E-state index in [1.807, 2.05) is 31.2 Å². The van der Waals surface area contributed by atoms with E-state index in [4.69, 9.17) is 0 Å². The number of aryl methyl sites for hydroxylation is 1. The van der Waals surface area contributed by atoms with Gasteiger partial charge < -0.3 is 0 Å². The summed E-state index contributed by atoms with van der Waals surface area (Å²) in [5.41, 5.74) is 2.35. The first-order valence-electron chi connectivity index (χ1n) is 6.80. The number of hydrogen-bond donors (Lipinski definition) is 0. The molecule has 0 radical (unpaired) electrons. The summed E-state index contributed by atoms with van der Waals surface area (Å²) < 4.78 is 27.2. The minimum absolute atomic E-state index is 0.310. The third-order valence-corrected chi connectivity index (χ3v) is 5.30. The lowest BCUT2D eigenvalue weighted by Crippen LogP contribution is -2.32. The van der Waals surface area contributed by atoms with E-state index in [1.165, 1.54) is 4.31 Å². The Morgan fingerprint density at radius 3 is 2.67 bits per heavy atom. The Kier molecular flexibility index (Phi) is 3.51. The lowest BCUT2D eigenvalue weighted by Gasteiger charge is -2.24. The van der Waals surface area contributed by atoms with E-state index in [9.17, 15) is 8.42 Å². The molecule has 21 heavy (non-hydrogen) atoms. The lowest BCUT2D eigenvalue weighted by atomic mass is 10.2. The average Bonchev–Trinajstić information content (AvgIpc) is 2.70. The number of anilines is 1. The third kappa shape index (κ3) is 2.56. The fourth-order valence-corrected chi connectivity index (χ4v) is 3.84. The quantitative estimate of drug-likeness (QED) is 0.856. The maximum Gasteiger partial charge on any atom is 0.264 e. The van der Waals surface area contributed by atoms with Gasteiger partial charge in [0.15, 0.2) is 0 Å². The van der Waals surface area contributed by atoms with Crippen LogP contribution < -0.4 is 4.31 Å². The zero-order valence-corrected chi connectivity index (χ0v) is 12.5. The molecule has 1 aromatic carbocycles. The maximum atomic E-state index is 12.9. The van der Waals surface area contributed by atoms with E-state index in [0.29, 0.717) is 29.2 Å². The van der Waals surface area contributed by atoms with Gasteiger partial charge in [-0.1, -0.05) is 23.8 Å². The number of aromatic nitrogens is 1. The fraction of sp³-hybridized carbons (Fsp3) is 0.188. The lowest BCUT2D eigenvalue weighted by molar-refractivity contribution is 0.591. The van der Waals surface area contributed by atoms with Gasteiger partial charge >= 0.3 is 0 Å². The van der Waals surface area contributed by atoms with E-state index in [0.717, 1.165) is 5.56 Å². The number of fused-ring (bicyclic) bond motifs is 1. The van der Waals surface area contributed by atoms with Crippen molar-refractivity contribution in [3.8, 4) is 0 Å². The van der Waals surface area contributed by atoms with Gasteiger partial charge in [-0.05, 0) is 43.7 Å². The largest absolute Gasteiger partial charge is 0.264 e. The molecular formula is C16H16N2O2S. The van der Waals surface area contributed by atoms with Crippen LogP contribution in [0.25, 0.3) is 6.08 Å². The van der Waals surface area contributed by atoms with Crippen LogP contribution in [-0.4, -0.2) is 19.9 Å². The molecule has 3 rings (SSSR count). The standard InChI is InChI=1S/C16H16N2O2S/c1-13-7-9-14(10-8-13)21(19,20)18-12-3-2-5-15-16(18)6-4-11-17-15/h2,4-11H,3,12H2,1H3. The molecule has 0 N–H and O–H groups in total. The van der Waals surface area contributed by atoms with Crippen molar-refractivity contribution in [3.63, 3.8) is 0 Å². The molecule has 1 aliphatic rings. The zero-order valence-electron chi connectivity index (χ0n) is 11.7. The Morgan fingerprint density at radius 2 is 1.90 bits per heavy atom. The fourth-order valence-electron chi connectivity index (χ4n) is 2.34. The Bertz CT molecular complexity index is 780. The van der Waals surface area contributed by atoms with Crippen molar-refractivity contribution in [1.29, 1.82) is 0 Å². The highest BCUT2D eigenvalue weighted by Crippen LogP contribution is 2.29. The molecule has 1 aromatic heterocycles. The van der Waals surface area contributed by atoms with Crippen LogP contribution in [0.5, 0.6) is 0 Å². The second kappa shape index (κ2) is 5.33. The molecule has 0 fully saturated rings. The normalized spacial score (nSPS) is 14.6. The molecule has 0 bridgehead atoms. The Balaban J connectivity index is 2.10. The highest BCUT2D eigenvalue weighted by molar-refractivity contribution is 7.92. The zero-order chi connectivity index (χ0) is 14.9. The van der Waals surface area contributed by atoms with E-state index >= 15 is 0 Å². The minimum atomic E-state index is -3.56. The predicted octanol–water partition coefficient (Wildman–Crippen LogP) is 3.00. The molecule has 0 aliphatic carbocycles. The van der Waals surface area contributed by atoms with Crippen LogP contribution in [0.2, 0.25) is 0 Å². The highest BCUT2D eigenvalue weighted by atomic mass is 32.2. The molecule has 0 amide bonds. The van der Waals surface area contributed by atoms with Crippen LogP contribution in [-0.2, 0) is 10.0 Å². The number of nitrogens with zero attached hydrogens (tertiary/aromatic N) is 2. The van der Waals surface area contributed by atoms with Gasteiger partial charge in [-0.15, -0.1) is 0 Å². The van der Waals surface area contributed by atoms with Crippen LogP contribution in [0.3, 0.4) is 0 Å². The smallest absolute Gasteiger partial charge is 0.264 e. The minimum Gasteiger partial charge on any atom is -0.264 e. The number of benzene rings is 1. The molecule has 2 heterocycles. The summed E-state index contributed by atoms with van der Waals surface area (Å²) in [6.07, 6.45) is 6.17. The Hall–Kier alpha value is -2.14. The van der Waals surface area contributed by atoms with E-state index < -0.39 is 10.0 Å². The van der Waals surface area contributed by atoms with Crippen molar-refractivity contribution < 1.29 is 8.42 Å². The van der Waals surface area contributed by atoms with Gasteiger partial charge in [0.25, 0.3) is 10.0 Å². The molecule has 0 atom stereocenters. The molecule has 2 aromatic rings. The maximum absolute atomic E-state index is 12.9. The average molecular weight is 300 g/mol. The molecule has 108 valence electrons. The number of sulfonamides is 1. The molecule has 0 saturated heterocycles. The van der Waals surface area contributed by atoms with Crippen LogP contribution >= 0.6 is 0 Å². The van der Waals surface area contributed by atoms with Crippen molar-refractivity contribution in [2.75, 3.05) is 10.8 Å². The summed E-state index contributed by atoms with van der Waals surface area (Å²) in [6.45, 7) is 2.36. The summed E-state index contributed by atoms with van der Waals surface area (Å²) in [6, 6.07) is 10.5. The van der Waals surface area contributed by atoms with Crippen molar-refractivity contribution in [2.24, 2.45) is 0 Å². The first-order chi connectivity index (χ1) is 10.1. The van der Waals surface area contributed by atoms with Gasteiger partial charge in [0.2, 0.25) is 0 Å². The van der Waals surface area contributed by atoms with Gasteiger partial charge in [-0.3, -0.25) is 9.29 Å². The number of rotatable bonds is 2. The van der Waals surface area contributed by atoms with E-state index in [-0.39, 0.29) is 0 Å². The molecule has 0 unspecified atom stereocenters. The van der Waals surface area contributed by atoms with Gasteiger partial charge in [-0.2, -0.15) is 0 Å². The summed E-state index contributed by atoms with van der Waals surface area (Å²) in [4.78, 5) is 4.57. The van der Waals surface area contributed by atoms with Crippen molar-refractivity contribution >= 4 is 21.8 Å². The van der Waals surface area contributed by atoms with E-state index in [1.54, 1.807) is 30.5 Å². The first-order valence-corrected chi connectivity index (χ1v) is 8.24. The van der Waals surface area contributed by atoms with Crippen LogP contribution in [0.1, 0.15) is 17.7 Å². The second-order valence-electron chi connectivity index (χ2n) is 4.99. The van der Waals surface area contributed by atoms with E-state index in [2.05, 4.69) is 4.98 Å². The summed E-state index contributed by atoms with van der Waals surface area (Å²) in [5, 5.41) is 0. The molecule has 0 spiro atoms. The summed E-state index contributed by atoms with van der Waals surface area (Å²) in [7, 11) is -3.56. The Labute approximate surface area is 124 Å². The Morgan fingerprint density at radius 1 is 1.14 bits per heavy atom. The topological polar surface area (TPSA) is 50.3 Å². The van der Waals surface area contributed by atoms with Gasteiger partial charge in [0.05, 0.1) is 16.3 Å². The summed E-state index contributed by atoms with van der Waals surface area (Å²) in [5.74, 6) is 0. The first kappa shape index (κ1) is 13.8. The number of hydrogen-bond acceptors (Lipinski definition) is 3. The van der Waals surface area contributed by atoms with Crippen LogP contribution in [0.15, 0.2) is 53.6 Å². The molecular weight excluding hydrogens is 284 g/mol. The monoisotopic (exact) mass is 300 g/mol. The molecule has 4 nitrogen and oxygen atoms in total. The van der Waals surface area contributed by atoms with Gasteiger partial charge in [-0.25, -0.2) is 8.42 Å². The highest BCUT2D eigenvalue weighted by Gasteiger charge is 2.27. The molecule has 5 heteroatoms. The molecule has 1 aliphatic heterocycles. The third-order valence-electron chi connectivity index (χ3n) is 3.47. The number of pyridine rings is 1. The SMILES string of the molecule is Cc1ccc(S(=O)(=O)N2CCC=Cc3ncccc32)cc1. The van der Waals surface area contributed by atoms with Gasteiger partial charge in [0.1, 0.15) is 0 Å².